The maximum absolute atomic E-state index is 13.2. The SMILES string of the molecule is Cc1ccc(Cn2cc(C3C4=C(CCCC4=O)OC4=C3C(=O)CCC4)c3ccccc32)cc1. The number of benzene rings is 2. The van der Waals surface area contributed by atoms with Crippen molar-refractivity contribution in [3.8, 4) is 0 Å². The van der Waals surface area contributed by atoms with Crippen LogP contribution in [0.1, 0.15) is 61.1 Å². The Hall–Kier alpha value is -3.40. The predicted molar refractivity (Wildman–Crippen MR) is 128 cm³/mol. The summed E-state index contributed by atoms with van der Waals surface area (Å²) in [7, 11) is 0. The molecule has 4 nitrogen and oxygen atoms in total. The lowest BCUT2D eigenvalue weighted by Crippen LogP contribution is -2.30. The van der Waals surface area contributed by atoms with Crippen LogP contribution in [-0.4, -0.2) is 16.1 Å². The molecule has 0 saturated carbocycles. The molecule has 3 aliphatic rings. The third-order valence-corrected chi connectivity index (χ3v) is 7.24. The molecule has 1 aliphatic heterocycles. The fourth-order valence-electron chi connectivity index (χ4n) is 5.65. The van der Waals surface area contributed by atoms with Crippen LogP contribution in [0.4, 0.5) is 0 Å². The van der Waals surface area contributed by atoms with Crippen LogP contribution in [0, 0.1) is 6.92 Å². The van der Waals surface area contributed by atoms with Crippen LogP contribution in [0.15, 0.2) is 77.4 Å². The van der Waals surface area contributed by atoms with Gasteiger partial charge in [-0.1, -0.05) is 48.0 Å². The van der Waals surface area contributed by atoms with Gasteiger partial charge in [0.1, 0.15) is 11.5 Å². The summed E-state index contributed by atoms with van der Waals surface area (Å²) in [5, 5.41) is 1.10. The van der Waals surface area contributed by atoms with Gasteiger partial charge in [0.25, 0.3) is 0 Å². The second kappa shape index (κ2) is 7.87. The number of carbonyl (C=O) groups excluding carboxylic acids is 2. The Kier molecular flexibility index (Phi) is 4.83. The van der Waals surface area contributed by atoms with E-state index in [2.05, 4.69) is 60.2 Å². The summed E-state index contributed by atoms with van der Waals surface area (Å²) < 4.78 is 8.48. The zero-order valence-electron chi connectivity index (χ0n) is 18.9. The van der Waals surface area contributed by atoms with Crippen molar-refractivity contribution in [2.75, 3.05) is 0 Å². The van der Waals surface area contributed by atoms with Crippen molar-refractivity contribution in [3.63, 3.8) is 0 Å². The van der Waals surface area contributed by atoms with E-state index in [1.807, 2.05) is 6.07 Å². The third-order valence-electron chi connectivity index (χ3n) is 7.24. The number of ketones is 2. The normalized spacial score (nSPS) is 19.1. The number of allylic oxidation sites excluding steroid dienone is 4. The van der Waals surface area contributed by atoms with Crippen LogP contribution in [0.2, 0.25) is 0 Å². The number of aryl methyl sites for hydroxylation is 1. The Morgan fingerprint density at radius 1 is 0.848 bits per heavy atom. The molecule has 0 saturated heterocycles. The average molecular weight is 438 g/mol. The van der Waals surface area contributed by atoms with E-state index in [0.29, 0.717) is 24.0 Å². The quantitative estimate of drug-likeness (QED) is 0.495. The van der Waals surface area contributed by atoms with Gasteiger partial charge in [-0.2, -0.15) is 0 Å². The summed E-state index contributed by atoms with van der Waals surface area (Å²) >= 11 is 0. The number of para-hydroxylation sites is 1. The highest BCUT2D eigenvalue weighted by Crippen LogP contribution is 2.49. The summed E-state index contributed by atoms with van der Waals surface area (Å²) in [5.41, 5.74) is 6.07. The first-order chi connectivity index (χ1) is 16.1. The minimum atomic E-state index is -0.325. The number of rotatable bonds is 3. The maximum atomic E-state index is 13.2. The van der Waals surface area contributed by atoms with Crippen molar-refractivity contribution >= 4 is 22.5 Å². The first kappa shape index (κ1) is 20.2. The van der Waals surface area contributed by atoms with E-state index in [1.54, 1.807) is 0 Å². The molecule has 2 heterocycles. The highest BCUT2D eigenvalue weighted by molar-refractivity contribution is 6.07. The topological polar surface area (TPSA) is 48.3 Å². The van der Waals surface area contributed by atoms with E-state index in [0.717, 1.165) is 60.2 Å². The standard InChI is InChI=1S/C29H27NO3/c1-18-12-14-19(15-13-18)16-30-17-21(20-6-2-3-7-22(20)30)27-28-23(31)8-4-10-25(28)33-26-11-5-9-24(32)29(26)27/h2-3,6-7,12-15,17,27H,4-5,8-11,16H2,1H3. The van der Waals surface area contributed by atoms with Gasteiger partial charge >= 0.3 is 0 Å². The van der Waals surface area contributed by atoms with Crippen LogP contribution in [-0.2, 0) is 20.9 Å². The molecule has 1 aromatic heterocycles. The molecule has 4 heteroatoms. The van der Waals surface area contributed by atoms with Crippen molar-refractivity contribution < 1.29 is 14.3 Å². The lowest BCUT2D eigenvalue weighted by molar-refractivity contribution is -0.117. The fourth-order valence-corrected chi connectivity index (χ4v) is 5.65. The van der Waals surface area contributed by atoms with Crippen molar-refractivity contribution in [2.24, 2.45) is 0 Å². The second-order valence-electron chi connectivity index (χ2n) is 9.48. The monoisotopic (exact) mass is 437 g/mol. The number of Topliss-reactive ketones (excluding diaryl/α,β-unsaturated/α-hetero) is 2. The average Bonchev–Trinajstić information content (AvgIpc) is 3.18. The Balaban J connectivity index is 1.55. The Bertz CT molecular complexity index is 1310. The summed E-state index contributed by atoms with van der Waals surface area (Å²) in [6.45, 7) is 2.83. The third kappa shape index (κ3) is 3.36. The van der Waals surface area contributed by atoms with Gasteiger partial charge in [-0.05, 0) is 37.0 Å². The predicted octanol–water partition coefficient (Wildman–Crippen LogP) is 6.13. The van der Waals surface area contributed by atoms with E-state index >= 15 is 0 Å². The van der Waals surface area contributed by atoms with Crippen LogP contribution in [0.5, 0.6) is 0 Å². The van der Waals surface area contributed by atoms with E-state index in [1.165, 1.54) is 11.1 Å². The fraction of sp³-hybridized carbons (Fsp3) is 0.310. The van der Waals surface area contributed by atoms with Crippen LogP contribution < -0.4 is 0 Å². The number of fused-ring (bicyclic) bond motifs is 1. The molecule has 0 bridgehead atoms. The van der Waals surface area contributed by atoms with Gasteiger partial charge in [-0.3, -0.25) is 9.59 Å². The van der Waals surface area contributed by atoms with Gasteiger partial charge in [0.05, 0.1) is 0 Å². The molecule has 0 spiro atoms. The number of hydrogen-bond acceptors (Lipinski definition) is 3. The van der Waals surface area contributed by atoms with Crippen LogP contribution >= 0.6 is 0 Å². The van der Waals surface area contributed by atoms with Gasteiger partial charge < -0.3 is 9.30 Å². The molecule has 2 aliphatic carbocycles. The highest BCUT2D eigenvalue weighted by atomic mass is 16.5. The molecule has 3 aromatic rings. The van der Waals surface area contributed by atoms with Crippen molar-refractivity contribution in [1.82, 2.24) is 4.57 Å². The molecular weight excluding hydrogens is 410 g/mol. The molecule has 0 atom stereocenters. The van der Waals surface area contributed by atoms with Gasteiger partial charge in [0.15, 0.2) is 11.6 Å². The van der Waals surface area contributed by atoms with Crippen molar-refractivity contribution in [1.29, 1.82) is 0 Å². The molecule has 0 fully saturated rings. The summed E-state index contributed by atoms with van der Waals surface area (Å²) in [6, 6.07) is 16.9. The first-order valence-electron chi connectivity index (χ1n) is 11.9. The molecule has 0 N–H and O–H groups in total. The van der Waals surface area contributed by atoms with Crippen LogP contribution in [0.25, 0.3) is 10.9 Å². The van der Waals surface area contributed by atoms with Gasteiger partial charge in [-0.15, -0.1) is 0 Å². The number of ether oxygens (including phenoxy) is 1. The van der Waals surface area contributed by atoms with Gasteiger partial charge in [0.2, 0.25) is 0 Å². The lowest BCUT2D eigenvalue weighted by atomic mass is 9.73. The largest absolute Gasteiger partial charge is 0.465 e. The molecule has 2 aromatic carbocycles. The molecule has 6 rings (SSSR count). The maximum Gasteiger partial charge on any atom is 0.163 e. The highest BCUT2D eigenvalue weighted by Gasteiger charge is 2.42. The molecule has 0 unspecified atom stereocenters. The smallest absolute Gasteiger partial charge is 0.163 e. The van der Waals surface area contributed by atoms with E-state index in [9.17, 15) is 9.59 Å². The Morgan fingerprint density at radius 3 is 2.15 bits per heavy atom. The Labute approximate surface area is 193 Å². The number of carbonyl (C=O) groups is 2. The minimum Gasteiger partial charge on any atom is -0.465 e. The van der Waals surface area contributed by atoms with E-state index in [-0.39, 0.29) is 17.5 Å². The molecule has 0 radical (unpaired) electrons. The summed E-state index contributed by atoms with van der Waals surface area (Å²) in [5.74, 6) is 1.51. The zero-order chi connectivity index (χ0) is 22.5. The minimum absolute atomic E-state index is 0.126. The molecular formula is C29H27NO3. The number of hydrogen-bond donors (Lipinski definition) is 0. The zero-order valence-corrected chi connectivity index (χ0v) is 18.9. The molecule has 0 amide bonds. The Morgan fingerprint density at radius 2 is 1.48 bits per heavy atom. The van der Waals surface area contributed by atoms with Gasteiger partial charge in [0, 0.05) is 66.4 Å². The van der Waals surface area contributed by atoms with E-state index < -0.39 is 0 Å². The number of nitrogens with zero attached hydrogens (tertiary/aromatic N) is 1. The van der Waals surface area contributed by atoms with Gasteiger partial charge in [-0.25, -0.2) is 0 Å². The summed E-state index contributed by atoms with van der Waals surface area (Å²) in [4.78, 5) is 26.4. The van der Waals surface area contributed by atoms with Crippen molar-refractivity contribution in [3.05, 3.63) is 94.1 Å². The molecule has 33 heavy (non-hydrogen) atoms. The second-order valence-corrected chi connectivity index (χ2v) is 9.48. The lowest BCUT2D eigenvalue weighted by Gasteiger charge is -2.35. The number of aromatic nitrogens is 1. The van der Waals surface area contributed by atoms with E-state index in [4.69, 9.17) is 4.74 Å². The van der Waals surface area contributed by atoms with Crippen LogP contribution in [0.3, 0.4) is 0 Å². The summed E-state index contributed by atoms with van der Waals surface area (Å²) in [6.07, 6.45) is 6.38. The van der Waals surface area contributed by atoms with Crippen molar-refractivity contribution in [2.45, 2.75) is 57.9 Å². The first-order valence-corrected chi connectivity index (χ1v) is 11.9. The molecule has 166 valence electrons.